The van der Waals surface area contributed by atoms with Gasteiger partial charge in [0.2, 0.25) is 0 Å². The van der Waals surface area contributed by atoms with Crippen molar-refractivity contribution in [2.75, 3.05) is 0 Å². The fourth-order valence-electron chi connectivity index (χ4n) is 2.42. The molecule has 2 aliphatic rings. The van der Waals surface area contributed by atoms with Gasteiger partial charge < -0.3 is 0 Å². The van der Waals surface area contributed by atoms with Crippen LogP contribution in [0.15, 0.2) is 23.3 Å². The lowest BCUT2D eigenvalue weighted by Gasteiger charge is -2.34. The second kappa shape index (κ2) is 5.02. The quantitative estimate of drug-likeness (QED) is 0.633. The molecule has 14 heavy (non-hydrogen) atoms. The third-order valence-electron chi connectivity index (χ3n) is 3.30. The van der Waals surface area contributed by atoms with Crippen LogP contribution in [0, 0.1) is 5.92 Å². The average Bonchev–Trinajstić information content (AvgIpc) is 2.62. The van der Waals surface area contributed by atoms with E-state index in [-0.39, 0.29) is 7.30 Å². The molecule has 0 N–H and O–H groups in total. The Morgan fingerprint density at radius 3 is 3.00 bits per heavy atom. The molecule has 0 aliphatic heterocycles. The van der Waals surface area contributed by atoms with Gasteiger partial charge in [-0.05, 0) is 36.4 Å². The molecule has 0 fully saturated rings. The maximum Gasteiger partial charge on any atom is -0.00695 e. The van der Waals surface area contributed by atoms with E-state index in [9.17, 15) is 0 Å². The van der Waals surface area contributed by atoms with Gasteiger partial charge >= 0.3 is 0 Å². The van der Waals surface area contributed by atoms with E-state index in [0.717, 1.165) is 19.5 Å². The monoisotopic (exact) mass is 262 g/mol. The Kier molecular flexibility index (Phi) is 4.19. The third kappa shape index (κ3) is 2.30. The number of rotatable bonds is 2. The van der Waals surface area contributed by atoms with Gasteiger partial charge in [-0.15, -0.1) is 17.9 Å². The minimum atomic E-state index is 0.186. The summed E-state index contributed by atoms with van der Waals surface area (Å²) in [6, 6.07) is 0. The minimum absolute atomic E-state index is 0.186. The highest BCUT2D eigenvalue weighted by atomic mass is 32.6. The number of hydrogen-bond donors (Lipinski definition) is 0. The third-order valence-corrected chi connectivity index (χ3v) is 14.7. The van der Waals surface area contributed by atoms with Gasteiger partial charge in [0.25, 0.3) is 0 Å². The van der Waals surface area contributed by atoms with E-state index in [2.05, 4.69) is 36.9 Å². The van der Waals surface area contributed by atoms with Crippen molar-refractivity contribution < 1.29 is 0 Å². The maximum atomic E-state index is 3.11. The largest absolute Gasteiger partial charge is 0.110 e. The van der Waals surface area contributed by atoms with Crippen molar-refractivity contribution in [1.29, 1.82) is 0 Å². The molecule has 0 saturated heterocycles. The molecule has 6 atom stereocenters. The van der Waals surface area contributed by atoms with Crippen LogP contribution < -0.4 is 0 Å². The van der Waals surface area contributed by atoms with Crippen LogP contribution in [0.2, 0.25) is 0 Å². The second-order valence-corrected chi connectivity index (χ2v) is 13.8. The Balaban J connectivity index is 2.10. The van der Waals surface area contributed by atoms with Gasteiger partial charge in [0.15, 0.2) is 0 Å². The molecule has 0 aromatic rings. The zero-order valence-corrected chi connectivity index (χ0v) is 12.7. The summed E-state index contributed by atoms with van der Waals surface area (Å²) in [7, 11) is 7.28. The van der Waals surface area contributed by atoms with Crippen LogP contribution >= 0.6 is 33.1 Å². The normalized spacial score (nSPS) is 34.2. The molecule has 4 unspecified atom stereocenters. The summed E-state index contributed by atoms with van der Waals surface area (Å²) in [6.07, 6.45) is 8.65. The van der Waals surface area contributed by atoms with Crippen molar-refractivity contribution in [1.82, 2.24) is 0 Å². The smallest absolute Gasteiger partial charge is 0.00695 e. The topological polar surface area (TPSA) is 0 Å². The average molecular weight is 262 g/mol. The SMILES string of the molecule is C[C@H]1CC2=C(CC=C2)C[C@@H]1P(P)PP. The molecule has 0 nitrogen and oxygen atoms in total. The summed E-state index contributed by atoms with van der Waals surface area (Å²) in [5, 5.41) is 0. The first-order chi connectivity index (χ1) is 6.72. The Morgan fingerprint density at radius 1 is 1.50 bits per heavy atom. The lowest BCUT2D eigenvalue weighted by Crippen LogP contribution is -2.19. The fraction of sp³-hybridized carbons (Fsp3) is 0.600. The van der Waals surface area contributed by atoms with E-state index in [1.54, 1.807) is 11.1 Å². The summed E-state index contributed by atoms with van der Waals surface area (Å²) >= 11 is 0. The van der Waals surface area contributed by atoms with Gasteiger partial charge in [-0.2, -0.15) is 0 Å². The summed E-state index contributed by atoms with van der Waals surface area (Å²) in [5.74, 6) is 0.896. The lowest BCUT2D eigenvalue weighted by atomic mass is 9.86. The highest BCUT2D eigenvalue weighted by Gasteiger charge is 2.30. The van der Waals surface area contributed by atoms with Gasteiger partial charge in [-0.3, -0.25) is 0 Å². The van der Waals surface area contributed by atoms with Crippen LogP contribution in [0.5, 0.6) is 0 Å². The first-order valence-electron chi connectivity index (χ1n) is 5.10. The van der Waals surface area contributed by atoms with E-state index < -0.39 is 0 Å². The Hall–Kier alpha value is 1.20. The number of allylic oxidation sites excluding steroid dienone is 4. The minimum Gasteiger partial charge on any atom is -0.110 e. The summed E-state index contributed by atoms with van der Waals surface area (Å²) < 4.78 is 0. The zero-order valence-electron chi connectivity index (χ0n) is 8.53. The molecule has 78 valence electrons. The van der Waals surface area contributed by atoms with Crippen LogP contribution in [0.1, 0.15) is 26.2 Å². The van der Waals surface area contributed by atoms with Gasteiger partial charge in [-0.1, -0.05) is 39.9 Å². The van der Waals surface area contributed by atoms with Crippen LogP contribution in [0.25, 0.3) is 0 Å². The molecular weight excluding hydrogens is 244 g/mol. The summed E-state index contributed by atoms with van der Waals surface area (Å²) in [4.78, 5) is 0. The summed E-state index contributed by atoms with van der Waals surface area (Å²) in [6.45, 7) is 2.44. The van der Waals surface area contributed by atoms with Crippen LogP contribution in [0.3, 0.4) is 0 Å². The molecule has 4 heteroatoms. The second-order valence-electron chi connectivity index (χ2n) is 4.22. The van der Waals surface area contributed by atoms with Gasteiger partial charge in [0, 0.05) is 0 Å². The maximum absolute atomic E-state index is 3.11. The van der Waals surface area contributed by atoms with E-state index in [4.69, 9.17) is 0 Å². The molecule has 0 aromatic heterocycles. The van der Waals surface area contributed by atoms with Crippen molar-refractivity contribution in [2.24, 2.45) is 5.92 Å². The zero-order chi connectivity index (χ0) is 10.1. The number of hydrogen-bond acceptors (Lipinski definition) is 0. The summed E-state index contributed by atoms with van der Waals surface area (Å²) in [5.41, 5.74) is 4.37. The van der Waals surface area contributed by atoms with Crippen LogP contribution in [-0.4, -0.2) is 5.66 Å². The first-order valence-corrected chi connectivity index (χ1v) is 11.8. The Morgan fingerprint density at radius 2 is 2.29 bits per heavy atom. The Bertz CT molecular complexity index is 282. The predicted molar refractivity (Wildman–Crippen MR) is 77.6 cm³/mol. The lowest BCUT2D eigenvalue weighted by molar-refractivity contribution is 0.515. The van der Waals surface area contributed by atoms with Crippen LogP contribution in [-0.2, 0) is 0 Å². The van der Waals surface area contributed by atoms with E-state index in [1.807, 2.05) is 0 Å². The molecule has 0 aromatic carbocycles. The van der Waals surface area contributed by atoms with Crippen molar-refractivity contribution in [3.8, 4) is 0 Å². The molecule has 0 saturated carbocycles. The predicted octanol–water partition coefficient (Wildman–Crippen LogP) is 4.70. The van der Waals surface area contributed by atoms with E-state index in [0.29, 0.717) is 0 Å². The van der Waals surface area contributed by atoms with Crippen LogP contribution in [0.4, 0.5) is 0 Å². The van der Waals surface area contributed by atoms with Crippen molar-refractivity contribution in [2.45, 2.75) is 31.8 Å². The molecule has 2 rings (SSSR count). The van der Waals surface area contributed by atoms with Crippen molar-refractivity contribution >= 4 is 33.1 Å². The fourth-order valence-corrected chi connectivity index (χ4v) is 8.22. The van der Waals surface area contributed by atoms with Gasteiger partial charge in [0.05, 0.1) is 0 Å². The highest BCUT2D eigenvalue weighted by molar-refractivity contribution is 8.61. The Labute approximate surface area is 94.4 Å². The molecule has 2 aliphatic carbocycles. The highest BCUT2D eigenvalue weighted by Crippen LogP contribution is 2.72. The molecule has 0 bridgehead atoms. The van der Waals surface area contributed by atoms with Gasteiger partial charge in [0.1, 0.15) is 0 Å². The van der Waals surface area contributed by atoms with Gasteiger partial charge in [-0.25, -0.2) is 0 Å². The first kappa shape index (κ1) is 11.7. The van der Waals surface area contributed by atoms with E-state index in [1.165, 1.54) is 19.3 Å². The standard InChI is InChI=1S/C10H18P4/c1-7-5-8-3-2-4-9(8)6-10(7)14(12)13-11/h2-3,7,10,13H,4-6,11-12H2,1H3/t7-,10-,14?/m0/s1. The molecular formula is C10H18P4. The molecule has 0 amide bonds. The van der Waals surface area contributed by atoms with Crippen molar-refractivity contribution in [3.05, 3.63) is 23.3 Å². The van der Waals surface area contributed by atoms with Crippen molar-refractivity contribution in [3.63, 3.8) is 0 Å². The molecule has 0 heterocycles. The molecule has 0 spiro atoms. The van der Waals surface area contributed by atoms with E-state index >= 15 is 0 Å². The molecule has 0 radical (unpaired) electrons.